The third-order valence-corrected chi connectivity index (χ3v) is 5.53. The second-order valence-corrected chi connectivity index (χ2v) is 8.10. The fourth-order valence-electron chi connectivity index (χ4n) is 2.60. The molecule has 0 aromatic rings. The summed E-state index contributed by atoms with van der Waals surface area (Å²) in [6, 6.07) is -0.907. The van der Waals surface area contributed by atoms with Crippen molar-refractivity contribution in [1.82, 2.24) is 10.6 Å². The third-order valence-electron chi connectivity index (χ3n) is 4.20. The van der Waals surface area contributed by atoms with Gasteiger partial charge in [0.2, 0.25) is 17.7 Å². The first kappa shape index (κ1) is 28.9. The molecule has 0 aliphatic heterocycles. The average Bonchev–Trinajstić information content (AvgIpc) is 2.72. The van der Waals surface area contributed by atoms with Gasteiger partial charge in [0.05, 0.1) is 0 Å². The molecular formula is C22H37N3O5S. The first-order valence-electron chi connectivity index (χ1n) is 10.8. The Kier molecular flexibility index (Phi) is 16.3. The van der Waals surface area contributed by atoms with E-state index in [4.69, 9.17) is 5.73 Å². The van der Waals surface area contributed by atoms with E-state index in [-0.39, 0.29) is 24.5 Å². The smallest absolute Gasteiger partial charge is 0.243 e. The highest BCUT2D eigenvalue weighted by atomic mass is 32.2. The summed E-state index contributed by atoms with van der Waals surface area (Å²) in [5.74, 6) is -2.29. The zero-order valence-electron chi connectivity index (χ0n) is 18.8. The fraction of sp³-hybridized carbons (Fsp3) is 0.636. The van der Waals surface area contributed by atoms with Crippen molar-refractivity contribution < 1.29 is 24.3 Å². The molecule has 5 N–H and O–H groups in total. The summed E-state index contributed by atoms with van der Waals surface area (Å²) >= 11 is 0.854. The molecule has 9 heteroatoms. The first-order chi connectivity index (χ1) is 14.8. The molecule has 0 aromatic heterocycles. The number of aliphatic hydroxyl groups is 1. The number of carbonyl (C=O) groups is 4. The molecule has 3 unspecified atom stereocenters. The van der Waals surface area contributed by atoms with Gasteiger partial charge in [-0.2, -0.15) is 0 Å². The van der Waals surface area contributed by atoms with Crippen LogP contribution >= 0.6 is 11.8 Å². The number of primary amides is 1. The van der Waals surface area contributed by atoms with Gasteiger partial charge in [-0.3, -0.25) is 19.2 Å². The van der Waals surface area contributed by atoms with E-state index in [0.29, 0.717) is 19.4 Å². The van der Waals surface area contributed by atoms with Crippen LogP contribution in [-0.4, -0.2) is 58.3 Å². The van der Waals surface area contributed by atoms with Gasteiger partial charge < -0.3 is 21.5 Å². The summed E-state index contributed by atoms with van der Waals surface area (Å²) in [4.78, 5) is 48.5. The highest BCUT2D eigenvalue weighted by Gasteiger charge is 2.32. The van der Waals surface area contributed by atoms with Gasteiger partial charge in [-0.1, -0.05) is 38.2 Å². The van der Waals surface area contributed by atoms with Crippen LogP contribution in [-0.2, 0) is 19.2 Å². The normalized spacial score (nSPS) is 14.3. The molecule has 0 heterocycles. The molecule has 0 fully saturated rings. The molecule has 0 rings (SSSR count). The number of allylic oxidation sites excluding steroid dienone is 4. The van der Waals surface area contributed by atoms with E-state index in [1.807, 2.05) is 32.1 Å². The molecule has 31 heavy (non-hydrogen) atoms. The number of aliphatic hydroxyl groups excluding tert-OH is 1. The number of amides is 3. The monoisotopic (exact) mass is 455 g/mol. The van der Waals surface area contributed by atoms with E-state index in [9.17, 15) is 24.3 Å². The lowest BCUT2D eigenvalue weighted by atomic mass is 10.1. The molecule has 0 aliphatic carbocycles. The molecule has 8 nitrogen and oxygen atoms in total. The Labute approximate surface area is 189 Å². The Morgan fingerprint density at radius 2 is 1.74 bits per heavy atom. The molecule has 0 saturated carbocycles. The van der Waals surface area contributed by atoms with Gasteiger partial charge in [0.25, 0.3) is 0 Å². The highest BCUT2D eigenvalue weighted by molar-refractivity contribution is 8.01. The van der Waals surface area contributed by atoms with Crippen LogP contribution in [0.4, 0.5) is 0 Å². The summed E-state index contributed by atoms with van der Waals surface area (Å²) in [7, 11) is 0. The van der Waals surface area contributed by atoms with Gasteiger partial charge in [-0.25, -0.2) is 0 Å². The van der Waals surface area contributed by atoms with Gasteiger partial charge in [-0.05, 0) is 39.0 Å². The maximum absolute atomic E-state index is 12.5. The quantitative estimate of drug-likeness (QED) is 0.194. The van der Waals surface area contributed by atoms with Crippen molar-refractivity contribution in [2.75, 3.05) is 12.3 Å². The molecule has 0 bridgehead atoms. The molecule has 0 aromatic carbocycles. The summed E-state index contributed by atoms with van der Waals surface area (Å²) in [5.41, 5.74) is 5.37. The average molecular weight is 456 g/mol. The number of ketones is 1. The number of carbonyl (C=O) groups excluding carboxylic acids is 4. The minimum absolute atomic E-state index is 0.0168. The number of nitrogens with one attached hydrogen (secondary N) is 2. The van der Waals surface area contributed by atoms with Crippen LogP contribution in [0.5, 0.6) is 0 Å². The van der Waals surface area contributed by atoms with E-state index in [0.717, 1.165) is 24.6 Å². The number of rotatable bonds is 17. The Balaban J connectivity index is 4.88. The summed E-state index contributed by atoms with van der Waals surface area (Å²) in [6.07, 6.45) is 9.85. The SMILES string of the molecule is CCC=CCC=CCCC(O)C(=O)C(SCC(NC(=O)CCC)C(=O)NCC)C(N)=O. The van der Waals surface area contributed by atoms with Gasteiger partial charge >= 0.3 is 0 Å². The van der Waals surface area contributed by atoms with Crippen LogP contribution in [0.1, 0.15) is 59.3 Å². The summed E-state index contributed by atoms with van der Waals surface area (Å²) < 4.78 is 0. The van der Waals surface area contributed by atoms with E-state index < -0.39 is 35.0 Å². The molecule has 3 atom stereocenters. The van der Waals surface area contributed by atoms with Crippen LogP contribution < -0.4 is 16.4 Å². The first-order valence-corrected chi connectivity index (χ1v) is 11.8. The van der Waals surface area contributed by atoms with Gasteiger partial charge in [0.1, 0.15) is 17.4 Å². The maximum Gasteiger partial charge on any atom is 0.243 e. The molecular weight excluding hydrogens is 418 g/mol. The number of hydrogen-bond donors (Lipinski definition) is 4. The molecule has 0 spiro atoms. The van der Waals surface area contributed by atoms with E-state index in [1.165, 1.54) is 0 Å². The van der Waals surface area contributed by atoms with Crippen molar-refractivity contribution in [3.8, 4) is 0 Å². The highest BCUT2D eigenvalue weighted by Crippen LogP contribution is 2.17. The van der Waals surface area contributed by atoms with E-state index in [1.54, 1.807) is 6.92 Å². The lowest BCUT2D eigenvalue weighted by Gasteiger charge is -2.21. The van der Waals surface area contributed by atoms with Crippen molar-refractivity contribution in [3.05, 3.63) is 24.3 Å². The Hall–Kier alpha value is -2.13. The summed E-state index contributed by atoms with van der Waals surface area (Å²) in [5, 5.41) is 14.1. The van der Waals surface area contributed by atoms with Crippen LogP contribution in [0.3, 0.4) is 0 Å². The third kappa shape index (κ3) is 13.0. The molecule has 0 saturated heterocycles. The van der Waals surface area contributed by atoms with Crippen molar-refractivity contribution in [3.63, 3.8) is 0 Å². The maximum atomic E-state index is 12.5. The van der Waals surface area contributed by atoms with E-state index in [2.05, 4.69) is 16.7 Å². The summed E-state index contributed by atoms with van der Waals surface area (Å²) in [6.45, 7) is 6.02. The van der Waals surface area contributed by atoms with Crippen molar-refractivity contribution in [2.24, 2.45) is 5.73 Å². The lowest BCUT2D eigenvalue weighted by Crippen LogP contribution is -2.49. The van der Waals surface area contributed by atoms with Crippen LogP contribution in [0, 0.1) is 0 Å². The largest absolute Gasteiger partial charge is 0.385 e. The number of hydrogen-bond acceptors (Lipinski definition) is 6. The van der Waals surface area contributed by atoms with Gasteiger partial charge in [-0.15, -0.1) is 11.8 Å². The molecule has 176 valence electrons. The second-order valence-electron chi connectivity index (χ2n) is 6.96. The van der Waals surface area contributed by atoms with Crippen molar-refractivity contribution in [2.45, 2.75) is 76.7 Å². The lowest BCUT2D eigenvalue weighted by molar-refractivity contribution is -0.131. The topological polar surface area (TPSA) is 139 Å². The standard InChI is InChI=1S/C22H37N3O5S/c1-4-7-8-9-10-11-12-14-17(26)19(28)20(21(23)29)31-15-16(22(30)24-6-3)25-18(27)13-5-2/h7-8,10-11,16-17,20,26H,4-6,9,12-15H2,1-3H3,(H2,23,29)(H,24,30)(H,25,27). The van der Waals surface area contributed by atoms with Crippen LogP contribution in [0.25, 0.3) is 0 Å². The molecule has 0 radical (unpaired) electrons. The van der Waals surface area contributed by atoms with Gasteiger partial charge in [0.15, 0.2) is 5.78 Å². The number of thioether (sulfide) groups is 1. The number of likely N-dealkylation sites (N-methyl/N-ethyl adjacent to an activating group) is 1. The van der Waals surface area contributed by atoms with Crippen LogP contribution in [0.2, 0.25) is 0 Å². The second kappa shape index (κ2) is 17.5. The zero-order chi connectivity index (χ0) is 23.6. The molecule has 0 aliphatic rings. The minimum atomic E-state index is -1.33. The minimum Gasteiger partial charge on any atom is -0.385 e. The fourth-order valence-corrected chi connectivity index (χ4v) is 3.70. The zero-order valence-corrected chi connectivity index (χ0v) is 19.6. The van der Waals surface area contributed by atoms with Crippen LogP contribution in [0.15, 0.2) is 24.3 Å². The van der Waals surface area contributed by atoms with Gasteiger partial charge in [0, 0.05) is 18.7 Å². The van der Waals surface area contributed by atoms with Crippen molar-refractivity contribution >= 4 is 35.3 Å². The number of nitrogens with two attached hydrogens (primary N) is 1. The number of Topliss-reactive ketones (excluding diaryl/α,β-unsaturated/α-hetero) is 1. The Bertz CT molecular complexity index is 637. The van der Waals surface area contributed by atoms with Crippen molar-refractivity contribution in [1.29, 1.82) is 0 Å². The predicted octanol–water partition coefficient (Wildman–Crippen LogP) is 1.62. The molecule has 3 amide bonds. The van der Waals surface area contributed by atoms with E-state index >= 15 is 0 Å². The Morgan fingerprint density at radius 1 is 1.06 bits per heavy atom. The Morgan fingerprint density at radius 3 is 2.32 bits per heavy atom. The predicted molar refractivity (Wildman–Crippen MR) is 124 cm³/mol.